The van der Waals surface area contributed by atoms with Crippen LogP contribution in [0.2, 0.25) is 0 Å². The van der Waals surface area contributed by atoms with Crippen molar-refractivity contribution in [2.45, 2.75) is 133 Å². The normalized spacial score (nSPS) is 19.9. The van der Waals surface area contributed by atoms with Crippen molar-refractivity contribution in [2.24, 2.45) is 28.1 Å². The number of hydrogen-bond donors (Lipinski definition) is 0. The minimum atomic E-state index is 0.493. The summed E-state index contributed by atoms with van der Waals surface area (Å²) in [5.74, 6) is 1.69. The minimum Gasteiger partial charge on any atom is -0.0654 e. The Kier molecular flexibility index (Phi) is 11.0. The van der Waals surface area contributed by atoms with Crippen LogP contribution in [0.25, 0.3) is 0 Å². The fourth-order valence-electron chi connectivity index (χ4n) is 5.56. The number of hydrogen-bond acceptors (Lipinski definition) is 0. The van der Waals surface area contributed by atoms with Gasteiger partial charge in [0.05, 0.1) is 0 Å². The Hall–Kier alpha value is 0. The van der Waals surface area contributed by atoms with Gasteiger partial charge in [-0.2, -0.15) is 0 Å². The maximum atomic E-state index is 2.60. The molecule has 0 saturated carbocycles. The van der Waals surface area contributed by atoms with E-state index in [1.165, 1.54) is 64.2 Å². The zero-order valence-electron chi connectivity index (χ0n) is 19.7. The van der Waals surface area contributed by atoms with Crippen LogP contribution in [0.1, 0.15) is 133 Å². The lowest BCUT2D eigenvalue weighted by Gasteiger charge is -2.49. The standard InChI is InChI=1S/C25H52/c1-11-19-24(9,15-5)21(7)17-18-22(23(8,13-3)14-4)25(10,16-6)20-12-2/h21-22H,11-20H2,1-10H3. The Bertz CT molecular complexity index is 340. The summed E-state index contributed by atoms with van der Waals surface area (Å²) in [4.78, 5) is 0. The molecule has 0 bridgehead atoms. The van der Waals surface area contributed by atoms with Gasteiger partial charge in [0.2, 0.25) is 0 Å². The topological polar surface area (TPSA) is 0 Å². The first-order valence-electron chi connectivity index (χ1n) is 11.6. The number of rotatable bonds is 14. The fraction of sp³-hybridized carbons (Fsp3) is 1.00. The first kappa shape index (κ1) is 25.0. The second kappa shape index (κ2) is 11.0. The van der Waals surface area contributed by atoms with E-state index in [0.29, 0.717) is 16.2 Å². The van der Waals surface area contributed by atoms with E-state index in [1.54, 1.807) is 0 Å². The molecule has 0 rings (SSSR count). The highest BCUT2D eigenvalue weighted by Gasteiger charge is 2.43. The summed E-state index contributed by atoms with van der Waals surface area (Å²) in [7, 11) is 0. The Balaban J connectivity index is 5.45. The second-order valence-electron chi connectivity index (χ2n) is 9.91. The molecule has 4 atom stereocenters. The summed E-state index contributed by atoms with van der Waals surface area (Å²) in [6.45, 7) is 24.7. The molecule has 0 heteroatoms. The quantitative estimate of drug-likeness (QED) is 0.292. The molecule has 0 N–H and O–H groups in total. The van der Waals surface area contributed by atoms with Crippen molar-refractivity contribution < 1.29 is 0 Å². The minimum absolute atomic E-state index is 0.493. The van der Waals surface area contributed by atoms with Crippen molar-refractivity contribution in [2.75, 3.05) is 0 Å². The molecule has 25 heavy (non-hydrogen) atoms. The molecule has 0 radical (unpaired) electrons. The molecule has 0 aliphatic heterocycles. The molecule has 0 heterocycles. The third-order valence-electron chi connectivity index (χ3n) is 8.63. The SMILES string of the molecule is CCCC(C)(CC)C(C)CCC(C(C)(CC)CC)C(C)(CC)CCC. The zero-order chi connectivity index (χ0) is 19.7. The van der Waals surface area contributed by atoms with Crippen molar-refractivity contribution in [3.63, 3.8) is 0 Å². The highest BCUT2D eigenvalue weighted by atomic mass is 14.5. The summed E-state index contributed by atoms with van der Waals surface area (Å²) >= 11 is 0. The van der Waals surface area contributed by atoms with Gasteiger partial charge in [-0.15, -0.1) is 0 Å². The lowest BCUT2D eigenvalue weighted by atomic mass is 9.56. The summed E-state index contributed by atoms with van der Waals surface area (Å²) in [5.41, 5.74) is 1.52. The molecule has 0 nitrogen and oxygen atoms in total. The van der Waals surface area contributed by atoms with E-state index >= 15 is 0 Å². The van der Waals surface area contributed by atoms with Crippen LogP contribution in [0.3, 0.4) is 0 Å². The molecule has 4 unspecified atom stereocenters. The Morgan fingerprint density at radius 3 is 1.32 bits per heavy atom. The van der Waals surface area contributed by atoms with Gasteiger partial charge in [-0.1, -0.05) is 108 Å². The fourth-order valence-corrected chi connectivity index (χ4v) is 5.56. The molecular weight excluding hydrogens is 300 g/mol. The van der Waals surface area contributed by atoms with Gasteiger partial charge in [0, 0.05) is 0 Å². The van der Waals surface area contributed by atoms with Gasteiger partial charge in [0.15, 0.2) is 0 Å². The summed E-state index contributed by atoms with van der Waals surface area (Å²) in [6, 6.07) is 0. The van der Waals surface area contributed by atoms with Crippen LogP contribution in [-0.2, 0) is 0 Å². The summed E-state index contributed by atoms with van der Waals surface area (Å²) in [6.07, 6.45) is 13.5. The van der Waals surface area contributed by atoms with Crippen molar-refractivity contribution >= 4 is 0 Å². The van der Waals surface area contributed by atoms with Crippen LogP contribution in [-0.4, -0.2) is 0 Å². The highest BCUT2D eigenvalue weighted by molar-refractivity contribution is 4.93. The van der Waals surface area contributed by atoms with Gasteiger partial charge in [0.1, 0.15) is 0 Å². The molecule has 0 saturated heterocycles. The Morgan fingerprint density at radius 2 is 0.960 bits per heavy atom. The van der Waals surface area contributed by atoms with Crippen LogP contribution >= 0.6 is 0 Å². The molecule has 152 valence electrons. The van der Waals surface area contributed by atoms with E-state index in [2.05, 4.69) is 69.2 Å². The molecular formula is C25H52. The van der Waals surface area contributed by atoms with Crippen LogP contribution < -0.4 is 0 Å². The van der Waals surface area contributed by atoms with Crippen LogP contribution in [0.15, 0.2) is 0 Å². The first-order chi connectivity index (χ1) is 11.6. The Labute approximate surface area is 161 Å². The smallest absolute Gasteiger partial charge is 0.0295 e. The van der Waals surface area contributed by atoms with E-state index in [4.69, 9.17) is 0 Å². The van der Waals surface area contributed by atoms with Crippen molar-refractivity contribution in [3.05, 3.63) is 0 Å². The largest absolute Gasteiger partial charge is 0.0654 e. The monoisotopic (exact) mass is 352 g/mol. The van der Waals surface area contributed by atoms with Crippen molar-refractivity contribution in [1.82, 2.24) is 0 Å². The average molecular weight is 353 g/mol. The zero-order valence-corrected chi connectivity index (χ0v) is 19.7. The third-order valence-corrected chi connectivity index (χ3v) is 8.63. The van der Waals surface area contributed by atoms with Crippen molar-refractivity contribution in [3.8, 4) is 0 Å². The van der Waals surface area contributed by atoms with Gasteiger partial charge >= 0.3 is 0 Å². The van der Waals surface area contributed by atoms with Crippen LogP contribution in [0, 0.1) is 28.1 Å². The molecule has 0 aromatic carbocycles. The van der Waals surface area contributed by atoms with Gasteiger partial charge in [-0.25, -0.2) is 0 Å². The maximum absolute atomic E-state index is 2.60. The highest BCUT2D eigenvalue weighted by Crippen LogP contribution is 2.52. The molecule has 0 fully saturated rings. The van der Waals surface area contributed by atoms with E-state index in [0.717, 1.165) is 11.8 Å². The molecule has 0 aromatic heterocycles. The molecule has 0 spiro atoms. The van der Waals surface area contributed by atoms with Gasteiger partial charge < -0.3 is 0 Å². The van der Waals surface area contributed by atoms with Crippen LogP contribution in [0.4, 0.5) is 0 Å². The van der Waals surface area contributed by atoms with Crippen LogP contribution in [0.5, 0.6) is 0 Å². The van der Waals surface area contributed by atoms with Crippen molar-refractivity contribution in [1.29, 1.82) is 0 Å². The second-order valence-corrected chi connectivity index (χ2v) is 9.91. The van der Waals surface area contributed by atoms with E-state index in [9.17, 15) is 0 Å². The lowest BCUT2D eigenvalue weighted by molar-refractivity contribution is 0.00936. The third kappa shape index (κ3) is 6.28. The van der Waals surface area contributed by atoms with E-state index in [-0.39, 0.29) is 0 Å². The van der Waals surface area contributed by atoms with Gasteiger partial charge in [0.25, 0.3) is 0 Å². The molecule has 0 aliphatic carbocycles. The predicted octanol–water partition coefficient (Wildman–Crippen LogP) is 9.28. The molecule has 0 aliphatic rings. The van der Waals surface area contributed by atoms with E-state index < -0.39 is 0 Å². The first-order valence-corrected chi connectivity index (χ1v) is 11.6. The molecule has 0 amide bonds. The lowest BCUT2D eigenvalue weighted by Crippen LogP contribution is -2.40. The van der Waals surface area contributed by atoms with Gasteiger partial charge in [-0.05, 0) is 53.8 Å². The molecule has 0 aromatic rings. The van der Waals surface area contributed by atoms with E-state index in [1.807, 2.05) is 0 Å². The maximum Gasteiger partial charge on any atom is -0.0295 e. The van der Waals surface area contributed by atoms with Gasteiger partial charge in [-0.3, -0.25) is 0 Å². The Morgan fingerprint density at radius 1 is 0.560 bits per heavy atom. The predicted molar refractivity (Wildman–Crippen MR) is 117 cm³/mol. The summed E-state index contributed by atoms with van der Waals surface area (Å²) in [5, 5.41) is 0. The summed E-state index contributed by atoms with van der Waals surface area (Å²) < 4.78 is 0. The average Bonchev–Trinajstić information content (AvgIpc) is 2.61.